The van der Waals surface area contributed by atoms with Crippen LogP contribution in [-0.2, 0) is 33.1 Å². The number of aryl methyl sites for hydroxylation is 2. The van der Waals surface area contributed by atoms with E-state index in [4.69, 9.17) is 0 Å². The van der Waals surface area contributed by atoms with Crippen LogP contribution in [0.5, 0.6) is 0 Å². The molecule has 1 aromatic heterocycles. The van der Waals surface area contributed by atoms with E-state index in [1.165, 1.54) is 89.7 Å². The Balaban J connectivity index is 0.00000684. The minimum Gasteiger partial charge on any atom is -0.744 e. The minimum atomic E-state index is -4.68. The van der Waals surface area contributed by atoms with Crippen LogP contribution >= 0.6 is 0 Å². The van der Waals surface area contributed by atoms with Crippen molar-refractivity contribution < 1.29 is 77.3 Å². The summed E-state index contributed by atoms with van der Waals surface area (Å²) in [5, 5.41) is -1.01. The van der Waals surface area contributed by atoms with Crippen LogP contribution in [0.25, 0.3) is 11.0 Å². The van der Waals surface area contributed by atoms with Gasteiger partial charge in [0.05, 0.1) is 21.2 Å². The Morgan fingerprint density at radius 1 is 0.865 bits per heavy atom. The van der Waals surface area contributed by atoms with Crippen LogP contribution in [0, 0.1) is 0 Å². The maximum atomic E-state index is 11.6. The van der Waals surface area contributed by atoms with E-state index in [1.807, 2.05) is 0 Å². The molecule has 1 atom stereocenters. The van der Waals surface area contributed by atoms with Crippen LogP contribution in [0.1, 0.15) is 115 Å². The van der Waals surface area contributed by atoms with Gasteiger partial charge in [0.25, 0.3) is 10.1 Å². The Kier molecular flexibility index (Phi) is 16.9. The number of hydrogen-bond acceptors (Lipinski definition) is 6. The zero-order chi connectivity index (χ0) is 26.6. The summed E-state index contributed by atoms with van der Waals surface area (Å²) in [5.74, 6) is 0.720. The van der Waals surface area contributed by atoms with Gasteiger partial charge in [-0.3, -0.25) is 4.55 Å². The fourth-order valence-electron chi connectivity index (χ4n) is 4.48. The summed E-state index contributed by atoms with van der Waals surface area (Å²) < 4.78 is 66.7. The third-order valence-electron chi connectivity index (χ3n) is 6.82. The molecule has 206 valence electrons. The number of rotatable bonds is 19. The molecule has 0 saturated heterocycles. The molecule has 0 amide bonds. The summed E-state index contributed by atoms with van der Waals surface area (Å²) in [4.78, 5) is 7.36. The van der Waals surface area contributed by atoms with Crippen molar-refractivity contribution in [3.8, 4) is 0 Å². The fourth-order valence-corrected chi connectivity index (χ4v) is 5.45. The van der Waals surface area contributed by atoms with Crippen LogP contribution in [0.15, 0.2) is 17.0 Å². The molecular formula is C26H43KN2O6S2. The monoisotopic (exact) mass is 582 g/mol. The van der Waals surface area contributed by atoms with E-state index in [9.17, 15) is 25.9 Å². The van der Waals surface area contributed by atoms with Crippen LogP contribution in [0.2, 0.25) is 0 Å². The van der Waals surface area contributed by atoms with Crippen LogP contribution in [-0.4, -0.2) is 41.2 Å². The SMILES string of the molecule is CCCCCCCCCCCCCCCc1nc2c(CCC(C)S(=O)(=O)O)cc(S(=O)(=O)[O-])cc2[nH]1.[K+]. The van der Waals surface area contributed by atoms with Crippen LogP contribution in [0.3, 0.4) is 0 Å². The third-order valence-corrected chi connectivity index (χ3v) is 8.89. The van der Waals surface area contributed by atoms with Gasteiger partial charge in [0.1, 0.15) is 15.9 Å². The van der Waals surface area contributed by atoms with Gasteiger partial charge in [-0.2, -0.15) is 8.42 Å². The van der Waals surface area contributed by atoms with Gasteiger partial charge in [0, 0.05) is 6.42 Å². The van der Waals surface area contributed by atoms with Gasteiger partial charge >= 0.3 is 51.4 Å². The number of fused-ring (bicyclic) bond motifs is 1. The molecule has 2 rings (SSSR count). The van der Waals surface area contributed by atoms with Crippen molar-refractivity contribution in [2.45, 2.75) is 127 Å². The summed E-state index contributed by atoms with van der Waals surface area (Å²) in [6.07, 6.45) is 17.4. The molecule has 1 heterocycles. The zero-order valence-corrected chi connectivity index (χ0v) is 27.6. The molecule has 0 radical (unpaired) electrons. The van der Waals surface area contributed by atoms with E-state index in [1.54, 1.807) is 0 Å². The molecule has 0 fully saturated rings. The molecule has 0 spiro atoms. The molecule has 0 aliphatic rings. The van der Waals surface area contributed by atoms with E-state index in [0.717, 1.165) is 18.7 Å². The molecule has 2 aromatic rings. The number of imidazole rings is 1. The number of nitrogens with one attached hydrogen (secondary N) is 1. The number of benzene rings is 1. The molecule has 1 unspecified atom stereocenters. The van der Waals surface area contributed by atoms with Crippen molar-refractivity contribution in [3.63, 3.8) is 0 Å². The maximum absolute atomic E-state index is 11.6. The second kappa shape index (κ2) is 17.8. The van der Waals surface area contributed by atoms with Gasteiger partial charge in [-0.1, -0.05) is 84.0 Å². The van der Waals surface area contributed by atoms with E-state index < -0.39 is 25.5 Å². The summed E-state index contributed by atoms with van der Waals surface area (Å²) in [6.45, 7) is 3.62. The average Bonchev–Trinajstić information content (AvgIpc) is 3.22. The maximum Gasteiger partial charge on any atom is 1.00 e. The molecule has 37 heavy (non-hydrogen) atoms. The summed E-state index contributed by atoms with van der Waals surface area (Å²) in [6, 6.07) is 2.55. The smallest absolute Gasteiger partial charge is 0.744 e. The molecule has 0 saturated carbocycles. The molecule has 2 N–H and O–H groups in total. The standard InChI is InChI=1S/C26H44N2O6S2.K/c1-3-4-5-6-7-8-9-10-11-12-13-14-15-16-25-27-24-20-23(36(32,33)34)19-22(26(24)28-25)18-17-21(2)35(29,30)31;/h19-21H,3-18H2,1-2H3,(H,27,28)(H,29,30,31)(H,32,33,34);/q;+1/p-1. The zero-order valence-electron chi connectivity index (χ0n) is 22.8. The van der Waals surface area contributed by atoms with Gasteiger partial charge in [-0.15, -0.1) is 0 Å². The van der Waals surface area contributed by atoms with E-state index >= 15 is 0 Å². The number of aromatic amines is 1. The molecule has 8 nitrogen and oxygen atoms in total. The molecule has 0 aliphatic heterocycles. The first-order valence-corrected chi connectivity index (χ1v) is 16.4. The molecule has 0 aliphatic carbocycles. The Labute approximate surface area is 266 Å². The van der Waals surface area contributed by atoms with Crippen molar-refractivity contribution in [3.05, 3.63) is 23.5 Å². The summed E-state index contributed by atoms with van der Waals surface area (Å²) in [7, 11) is -8.88. The molecule has 11 heteroatoms. The van der Waals surface area contributed by atoms with Crippen molar-refractivity contribution in [1.82, 2.24) is 9.97 Å². The van der Waals surface area contributed by atoms with Gasteiger partial charge in [0.15, 0.2) is 0 Å². The van der Waals surface area contributed by atoms with Crippen LogP contribution in [0.4, 0.5) is 0 Å². The number of hydrogen-bond donors (Lipinski definition) is 2. The first kappa shape index (κ1) is 35.2. The minimum absolute atomic E-state index is 0. The van der Waals surface area contributed by atoms with Gasteiger partial charge in [-0.25, -0.2) is 13.4 Å². The number of aromatic nitrogens is 2. The van der Waals surface area contributed by atoms with E-state index in [-0.39, 0.29) is 69.1 Å². The fraction of sp³-hybridized carbons (Fsp3) is 0.731. The van der Waals surface area contributed by atoms with E-state index in [0.29, 0.717) is 23.0 Å². The Morgan fingerprint density at radius 2 is 1.38 bits per heavy atom. The Morgan fingerprint density at radius 3 is 1.86 bits per heavy atom. The third kappa shape index (κ3) is 13.4. The number of unbranched alkanes of at least 4 members (excludes halogenated alkanes) is 12. The summed E-state index contributed by atoms with van der Waals surface area (Å²) in [5.41, 5.74) is 1.46. The summed E-state index contributed by atoms with van der Waals surface area (Å²) >= 11 is 0. The molecular weight excluding hydrogens is 540 g/mol. The number of nitrogens with zero attached hydrogens (tertiary/aromatic N) is 1. The van der Waals surface area contributed by atoms with Crippen LogP contribution < -0.4 is 51.4 Å². The largest absolute Gasteiger partial charge is 1.00 e. The molecule has 0 bridgehead atoms. The van der Waals surface area contributed by atoms with Gasteiger partial charge in [0.2, 0.25) is 0 Å². The van der Waals surface area contributed by atoms with E-state index in [2.05, 4.69) is 16.9 Å². The topological polar surface area (TPSA) is 140 Å². The van der Waals surface area contributed by atoms with Crippen molar-refractivity contribution in [1.29, 1.82) is 0 Å². The van der Waals surface area contributed by atoms with Crippen molar-refractivity contribution >= 4 is 31.3 Å². The molecule has 1 aromatic carbocycles. The van der Waals surface area contributed by atoms with Crippen molar-refractivity contribution in [2.24, 2.45) is 0 Å². The Bertz CT molecular complexity index is 1150. The van der Waals surface area contributed by atoms with Crippen molar-refractivity contribution in [2.75, 3.05) is 0 Å². The normalized spacial score (nSPS) is 13.1. The van der Waals surface area contributed by atoms with Gasteiger partial charge in [-0.05, 0) is 43.9 Å². The predicted octanol–water partition coefficient (Wildman–Crippen LogP) is 3.31. The first-order chi connectivity index (χ1) is 17.0. The Hall–Kier alpha value is 0.146. The quantitative estimate of drug-likeness (QED) is 0.147. The number of H-pyrrole nitrogens is 1. The first-order valence-electron chi connectivity index (χ1n) is 13.5. The second-order valence-electron chi connectivity index (χ2n) is 9.97. The second-order valence-corrected chi connectivity index (χ2v) is 13.2. The van der Waals surface area contributed by atoms with Gasteiger partial charge < -0.3 is 9.54 Å². The average molecular weight is 583 g/mol. The predicted molar refractivity (Wildman–Crippen MR) is 143 cm³/mol.